The smallest absolute Gasteiger partial charge is 0.184 e. The number of anilines is 2. The number of aliphatic hydroxyl groups excluding tert-OH is 1. The van der Waals surface area contributed by atoms with Gasteiger partial charge in [-0.1, -0.05) is 6.92 Å². The van der Waals surface area contributed by atoms with Crippen molar-refractivity contribution < 1.29 is 13.5 Å². The summed E-state index contributed by atoms with van der Waals surface area (Å²) in [6, 6.07) is 0.406. The number of aliphatic hydroxyl groups is 1. The highest BCUT2D eigenvalue weighted by atomic mass is 32.2. The normalized spacial score (nSPS) is 29.9. The van der Waals surface area contributed by atoms with Gasteiger partial charge in [-0.2, -0.15) is 4.37 Å². The summed E-state index contributed by atoms with van der Waals surface area (Å²) in [6.07, 6.45) is 3.09. The molecule has 20 heavy (non-hydrogen) atoms. The second kappa shape index (κ2) is 4.85. The zero-order valence-electron chi connectivity index (χ0n) is 11.3. The van der Waals surface area contributed by atoms with Crippen LogP contribution in [-0.4, -0.2) is 41.8 Å². The number of hydrogen-bond acceptors (Lipinski definition) is 7. The Bertz CT molecular complexity index is 599. The number of nitrogens with zero attached hydrogens (tertiary/aromatic N) is 2. The second-order valence-electron chi connectivity index (χ2n) is 5.52. The Morgan fingerprint density at radius 3 is 2.55 bits per heavy atom. The summed E-state index contributed by atoms with van der Waals surface area (Å²) in [6.45, 7) is 1.62. The lowest BCUT2D eigenvalue weighted by molar-refractivity contribution is 0.126. The minimum absolute atomic E-state index is 0.0222. The lowest BCUT2D eigenvalue weighted by atomic mass is 10.0. The van der Waals surface area contributed by atoms with Gasteiger partial charge in [-0.05, 0) is 37.2 Å². The molecule has 0 radical (unpaired) electrons. The van der Waals surface area contributed by atoms with Crippen LogP contribution in [0.4, 0.5) is 10.8 Å². The first kappa shape index (κ1) is 14.1. The molecule has 0 amide bonds. The van der Waals surface area contributed by atoms with E-state index in [0.29, 0.717) is 17.8 Å². The molecule has 0 saturated carbocycles. The number of sulfone groups is 1. The van der Waals surface area contributed by atoms with Crippen molar-refractivity contribution in [2.75, 3.05) is 16.4 Å². The molecule has 6 nitrogen and oxygen atoms in total. The minimum Gasteiger partial charge on any atom is -0.393 e. The molecule has 0 aliphatic carbocycles. The monoisotopic (exact) mass is 317 g/mol. The Balaban J connectivity index is 2.05. The van der Waals surface area contributed by atoms with Crippen molar-refractivity contribution in [2.45, 2.75) is 55.7 Å². The SMILES string of the molecule is CCS(=O)(=O)c1c(N)nsc1N1C2CCC1CC(O)C2. The van der Waals surface area contributed by atoms with Crippen molar-refractivity contribution in [3.63, 3.8) is 0 Å². The Labute approximate surface area is 122 Å². The van der Waals surface area contributed by atoms with Crippen LogP contribution in [0.1, 0.15) is 32.6 Å². The van der Waals surface area contributed by atoms with Crippen LogP contribution in [0.15, 0.2) is 4.90 Å². The van der Waals surface area contributed by atoms with Gasteiger partial charge in [0.05, 0.1) is 11.9 Å². The fourth-order valence-electron chi connectivity index (χ4n) is 3.37. The Morgan fingerprint density at radius 1 is 1.40 bits per heavy atom. The van der Waals surface area contributed by atoms with Gasteiger partial charge in [0.1, 0.15) is 9.90 Å². The first-order valence-corrected chi connectivity index (χ1v) is 9.31. The number of piperidine rings is 1. The fraction of sp³-hybridized carbons (Fsp3) is 0.750. The van der Waals surface area contributed by atoms with Crippen LogP contribution in [0.2, 0.25) is 0 Å². The summed E-state index contributed by atoms with van der Waals surface area (Å²) in [7, 11) is -3.38. The van der Waals surface area contributed by atoms with E-state index in [9.17, 15) is 13.5 Å². The van der Waals surface area contributed by atoms with E-state index in [4.69, 9.17) is 5.73 Å². The van der Waals surface area contributed by atoms with Crippen LogP contribution in [0.25, 0.3) is 0 Å². The first-order valence-electron chi connectivity index (χ1n) is 6.88. The van der Waals surface area contributed by atoms with Crippen LogP contribution in [0.3, 0.4) is 0 Å². The standard InChI is InChI=1S/C12H19N3O3S2/c1-2-20(17,18)10-11(13)14-19-12(10)15-7-3-4-8(15)6-9(16)5-7/h7-9,16H,2-6H2,1H3,(H2,13,14). The number of hydrogen-bond donors (Lipinski definition) is 2. The highest BCUT2D eigenvalue weighted by Crippen LogP contribution is 2.45. The molecule has 3 heterocycles. The Morgan fingerprint density at radius 2 is 2.00 bits per heavy atom. The molecule has 2 fully saturated rings. The third-order valence-corrected chi connectivity index (χ3v) is 7.08. The molecule has 1 aromatic rings. The molecule has 2 atom stereocenters. The summed E-state index contributed by atoms with van der Waals surface area (Å²) < 4.78 is 28.6. The minimum atomic E-state index is -3.38. The van der Waals surface area contributed by atoms with Crippen molar-refractivity contribution in [3.05, 3.63) is 0 Å². The maximum atomic E-state index is 12.3. The van der Waals surface area contributed by atoms with Gasteiger partial charge in [-0.15, -0.1) is 0 Å². The topological polar surface area (TPSA) is 96.5 Å². The van der Waals surface area contributed by atoms with E-state index in [1.807, 2.05) is 0 Å². The highest BCUT2D eigenvalue weighted by molar-refractivity contribution is 7.91. The predicted octanol–water partition coefficient (Wildman–Crippen LogP) is 1.01. The zero-order chi connectivity index (χ0) is 14.5. The molecular formula is C12H19N3O3S2. The quantitative estimate of drug-likeness (QED) is 0.863. The average molecular weight is 317 g/mol. The molecule has 3 N–H and O–H groups in total. The van der Waals surface area contributed by atoms with Crippen LogP contribution in [-0.2, 0) is 9.84 Å². The summed E-state index contributed by atoms with van der Waals surface area (Å²) >= 11 is 1.16. The second-order valence-corrected chi connectivity index (χ2v) is 8.49. The van der Waals surface area contributed by atoms with Crippen molar-refractivity contribution in [3.8, 4) is 0 Å². The molecule has 2 aliphatic heterocycles. The maximum absolute atomic E-state index is 12.3. The molecular weight excluding hydrogens is 298 g/mol. The lowest BCUT2D eigenvalue weighted by Gasteiger charge is -2.38. The fourth-order valence-corrected chi connectivity index (χ4v) is 5.80. The molecule has 1 aromatic heterocycles. The molecule has 2 aliphatic rings. The van der Waals surface area contributed by atoms with Gasteiger partial charge in [-0.25, -0.2) is 8.42 Å². The van der Waals surface area contributed by atoms with Gasteiger partial charge in [0, 0.05) is 12.1 Å². The molecule has 3 rings (SSSR count). The van der Waals surface area contributed by atoms with Gasteiger partial charge in [0.25, 0.3) is 0 Å². The predicted molar refractivity (Wildman–Crippen MR) is 78.8 cm³/mol. The van der Waals surface area contributed by atoms with E-state index >= 15 is 0 Å². The van der Waals surface area contributed by atoms with E-state index in [2.05, 4.69) is 9.27 Å². The molecule has 2 bridgehead atoms. The van der Waals surface area contributed by atoms with E-state index in [1.54, 1.807) is 6.92 Å². The molecule has 0 aromatic carbocycles. The van der Waals surface area contributed by atoms with Crippen molar-refractivity contribution >= 4 is 32.2 Å². The summed E-state index contributed by atoms with van der Waals surface area (Å²) in [5.41, 5.74) is 5.79. The third kappa shape index (κ3) is 2.10. The molecule has 0 spiro atoms. The summed E-state index contributed by atoms with van der Waals surface area (Å²) in [5.74, 6) is 0.131. The number of nitrogen functional groups attached to an aromatic ring is 1. The molecule has 2 unspecified atom stereocenters. The van der Waals surface area contributed by atoms with Gasteiger partial charge in [0.2, 0.25) is 0 Å². The van der Waals surface area contributed by atoms with E-state index in [1.165, 1.54) is 0 Å². The largest absolute Gasteiger partial charge is 0.393 e. The number of nitrogens with two attached hydrogens (primary N) is 1. The maximum Gasteiger partial charge on any atom is 0.184 e. The van der Waals surface area contributed by atoms with Crippen LogP contribution in [0.5, 0.6) is 0 Å². The average Bonchev–Trinajstić information content (AvgIpc) is 2.88. The van der Waals surface area contributed by atoms with Crippen LogP contribution in [0, 0.1) is 0 Å². The summed E-state index contributed by atoms with van der Waals surface area (Å²) in [5, 5.41) is 10.5. The number of fused-ring (bicyclic) bond motifs is 2. The van der Waals surface area contributed by atoms with Gasteiger partial charge >= 0.3 is 0 Å². The van der Waals surface area contributed by atoms with Gasteiger partial charge in [0.15, 0.2) is 15.7 Å². The van der Waals surface area contributed by atoms with Crippen molar-refractivity contribution in [1.29, 1.82) is 0 Å². The van der Waals surface area contributed by atoms with Crippen LogP contribution >= 0.6 is 11.5 Å². The van der Waals surface area contributed by atoms with Gasteiger partial charge in [-0.3, -0.25) is 0 Å². The highest BCUT2D eigenvalue weighted by Gasteiger charge is 2.43. The van der Waals surface area contributed by atoms with Crippen LogP contribution < -0.4 is 10.6 Å². The van der Waals surface area contributed by atoms with Gasteiger partial charge < -0.3 is 15.7 Å². The van der Waals surface area contributed by atoms with Crippen molar-refractivity contribution in [2.24, 2.45) is 0 Å². The van der Waals surface area contributed by atoms with E-state index < -0.39 is 9.84 Å². The Hall–Kier alpha value is -0.860. The molecule has 8 heteroatoms. The van der Waals surface area contributed by atoms with E-state index in [0.717, 1.165) is 24.4 Å². The lowest BCUT2D eigenvalue weighted by Crippen LogP contribution is -2.45. The van der Waals surface area contributed by atoms with E-state index in [-0.39, 0.29) is 34.7 Å². The Kier molecular flexibility index (Phi) is 3.42. The summed E-state index contributed by atoms with van der Waals surface area (Å²) in [4.78, 5) is 2.34. The van der Waals surface area contributed by atoms with Crippen molar-refractivity contribution in [1.82, 2.24) is 4.37 Å². The molecule has 112 valence electrons. The third-order valence-electron chi connectivity index (χ3n) is 4.29. The number of aromatic nitrogens is 1. The number of rotatable bonds is 3. The molecule has 2 saturated heterocycles. The first-order chi connectivity index (χ1) is 9.44. The zero-order valence-corrected chi connectivity index (χ0v) is 13.0.